The van der Waals surface area contributed by atoms with Gasteiger partial charge in [0.1, 0.15) is 0 Å². The average Bonchev–Trinajstić information content (AvgIpc) is 3.36. The lowest BCUT2D eigenvalue weighted by Gasteiger charge is -2.26. The monoisotopic (exact) mass is 453 g/mol. The Bertz CT molecular complexity index is 1210. The van der Waals surface area contributed by atoms with Gasteiger partial charge in [-0.25, -0.2) is 0 Å². The fourth-order valence-corrected chi connectivity index (χ4v) is 5.13. The predicted octanol–water partition coefficient (Wildman–Crippen LogP) is 5.54. The Morgan fingerprint density at radius 2 is 1.67 bits per heavy atom. The number of halogens is 3. The van der Waals surface area contributed by atoms with Crippen molar-refractivity contribution in [1.29, 1.82) is 0 Å². The minimum Gasteiger partial charge on any atom is -0.473 e. The van der Waals surface area contributed by atoms with Gasteiger partial charge in [0.2, 0.25) is 6.23 Å². The van der Waals surface area contributed by atoms with Gasteiger partial charge in [0.25, 0.3) is 5.91 Å². The fourth-order valence-electron chi connectivity index (χ4n) is 5.13. The summed E-state index contributed by atoms with van der Waals surface area (Å²) in [6, 6.07) is 12.5. The van der Waals surface area contributed by atoms with E-state index in [2.05, 4.69) is 12.1 Å². The van der Waals surface area contributed by atoms with Crippen molar-refractivity contribution in [3.8, 4) is 0 Å². The highest BCUT2D eigenvalue weighted by atomic mass is 19.4. The number of Topliss-reactive ketones (excluding diaryl/α,β-unsaturated/α-hetero) is 1. The van der Waals surface area contributed by atoms with Crippen molar-refractivity contribution in [2.45, 2.75) is 45.0 Å². The number of ketones is 1. The van der Waals surface area contributed by atoms with Crippen molar-refractivity contribution in [2.75, 3.05) is 4.90 Å². The number of hydrogen-bond donors (Lipinski definition) is 0. The van der Waals surface area contributed by atoms with Gasteiger partial charge >= 0.3 is 6.18 Å². The summed E-state index contributed by atoms with van der Waals surface area (Å²) >= 11 is 0. The number of hydrogen-bond acceptors (Lipinski definition) is 3. The van der Waals surface area contributed by atoms with E-state index in [1.165, 1.54) is 34.4 Å². The number of nitrogens with zero attached hydrogens (tertiary/aromatic N) is 1. The zero-order valence-electron chi connectivity index (χ0n) is 18.1. The standard InChI is InChI=1S/C26H22F3NO3/c1-14-15(2)25(30(24(14)32)18-9-7-17(8-10-18)26(27,28)29)33-13-22-20-11-16-5-3-4-6-19(16)21(20)12-23(22)31/h3-10,13,20-21,25H,11-12H2,1-2H3/b22-13+. The number of rotatable bonds is 3. The summed E-state index contributed by atoms with van der Waals surface area (Å²) in [5.41, 5.74) is 3.69. The van der Waals surface area contributed by atoms with Crippen LogP contribution in [0.4, 0.5) is 18.9 Å². The van der Waals surface area contributed by atoms with Crippen molar-refractivity contribution in [2.24, 2.45) is 5.92 Å². The molecule has 170 valence electrons. The molecule has 0 N–H and O–H groups in total. The molecule has 5 rings (SSSR count). The minimum atomic E-state index is -4.46. The van der Waals surface area contributed by atoms with Gasteiger partial charge in [-0.2, -0.15) is 13.2 Å². The Morgan fingerprint density at radius 1 is 0.970 bits per heavy atom. The van der Waals surface area contributed by atoms with E-state index in [4.69, 9.17) is 4.74 Å². The van der Waals surface area contributed by atoms with Crippen molar-refractivity contribution >= 4 is 17.4 Å². The van der Waals surface area contributed by atoms with Crippen molar-refractivity contribution in [1.82, 2.24) is 0 Å². The molecular weight excluding hydrogens is 431 g/mol. The number of benzene rings is 2. The minimum absolute atomic E-state index is 0.0308. The van der Waals surface area contributed by atoms with E-state index in [0.717, 1.165) is 18.6 Å². The largest absolute Gasteiger partial charge is 0.473 e. The Balaban J connectivity index is 1.42. The molecule has 3 atom stereocenters. The Hall–Kier alpha value is -3.35. The Kier molecular flexibility index (Phi) is 4.96. The summed E-state index contributed by atoms with van der Waals surface area (Å²) in [4.78, 5) is 27.0. The number of ether oxygens (including phenoxy) is 1. The van der Waals surface area contributed by atoms with Crippen LogP contribution in [0.25, 0.3) is 0 Å². The van der Waals surface area contributed by atoms with Crippen LogP contribution in [-0.4, -0.2) is 17.9 Å². The van der Waals surface area contributed by atoms with E-state index < -0.39 is 18.0 Å². The van der Waals surface area contributed by atoms with Crippen molar-refractivity contribution < 1.29 is 27.5 Å². The Labute approximate surface area is 189 Å². The molecule has 4 nitrogen and oxygen atoms in total. The van der Waals surface area contributed by atoms with Gasteiger partial charge in [-0.15, -0.1) is 0 Å². The summed E-state index contributed by atoms with van der Waals surface area (Å²) in [6.07, 6.45) is -2.62. The highest BCUT2D eigenvalue weighted by molar-refractivity contribution is 6.09. The molecule has 0 spiro atoms. The van der Waals surface area contributed by atoms with E-state index in [1.807, 2.05) is 12.1 Å². The van der Waals surface area contributed by atoms with Gasteiger partial charge < -0.3 is 4.74 Å². The molecule has 2 aromatic rings. The molecule has 0 aromatic heterocycles. The molecule has 0 bridgehead atoms. The molecule has 33 heavy (non-hydrogen) atoms. The van der Waals surface area contributed by atoms with E-state index in [-0.39, 0.29) is 23.5 Å². The highest BCUT2D eigenvalue weighted by Crippen LogP contribution is 2.49. The first-order chi connectivity index (χ1) is 15.7. The summed E-state index contributed by atoms with van der Waals surface area (Å²) in [7, 11) is 0. The molecule has 1 saturated carbocycles. The first-order valence-electron chi connectivity index (χ1n) is 10.8. The lowest BCUT2D eigenvalue weighted by atomic mass is 9.95. The number of alkyl halides is 3. The second kappa shape index (κ2) is 7.61. The number of allylic oxidation sites excluding steroid dienone is 1. The summed E-state index contributed by atoms with van der Waals surface area (Å²) in [5, 5.41) is 0. The maximum Gasteiger partial charge on any atom is 0.416 e. The third-order valence-electron chi connectivity index (χ3n) is 7.04. The van der Waals surface area contributed by atoms with E-state index in [9.17, 15) is 22.8 Å². The molecule has 1 heterocycles. The van der Waals surface area contributed by atoms with Gasteiger partial charge in [0.15, 0.2) is 5.78 Å². The van der Waals surface area contributed by atoms with Crippen molar-refractivity contribution in [3.05, 3.63) is 88.2 Å². The SMILES string of the molecule is CC1=C(C)C(O/C=C2/C(=O)CC3c4ccccc4CC23)N(c2ccc(C(F)(F)F)cc2)C1=O. The molecule has 3 unspecified atom stereocenters. The van der Waals surface area contributed by atoms with Crippen LogP contribution < -0.4 is 4.90 Å². The second-order valence-electron chi connectivity index (χ2n) is 8.83. The second-order valence-corrected chi connectivity index (χ2v) is 8.83. The van der Waals surface area contributed by atoms with Crippen LogP contribution in [0.5, 0.6) is 0 Å². The smallest absolute Gasteiger partial charge is 0.416 e. The van der Waals surface area contributed by atoms with Gasteiger partial charge in [0.05, 0.1) is 11.8 Å². The molecule has 3 aliphatic rings. The van der Waals surface area contributed by atoms with Crippen LogP contribution in [0.3, 0.4) is 0 Å². The van der Waals surface area contributed by atoms with E-state index in [0.29, 0.717) is 28.8 Å². The maximum atomic E-state index is 13.0. The van der Waals surface area contributed by atoms with E-state index >= 15 is 0 Å². The molecule has 1 amide bonds. The fraction of sp³-hybridized carbons (Fsp3) is 0.308. The quantitative estimate of drug-likeness (QED) is 0.453. The normalized spacial score (nSPS) is 25.8. The number of carbonyl (C=O) groups is 2. The van der Waals surface area contributed by atoms with Crippen LogP contribution in [0.1, 0.15) is 42.9 Å². The maximum absolute atomic E-state index is 13.0. The third kappa shape index (κ3) is 3.46. The topological polar surface area (TPSA) is 46.6 Å². The predicted molar refractivity (Wildman–Crippen MR) is 116 cm³/mol. The number of fused-ring (bicyclic) bond motifs is 3. The van der Waals surface area contributed by atoms with Crippen LogP contribution in [0, 0.1) is 5.92 Å². The summed E-state index contributed by atoms with van der Waals surface area (Å²) < 4.78 is 44.9. The third-order valence-corrected chi connectivity index (χ3v) is 7.04. The van der Waals surface area contributed by atoms with Gasteiger partial charge in [0, 0.05) is 29.2 Å². The molecule has 7 heteroatoms. The molecular formula is C26H22F3NO3. The number of carbonyl (C=O) groups excluding carboxylic acids is 2. The first-order valence-corrected chi connectivity index (χ1v) is 10.8. The molecule has 0 radical (unpaired) electrons. The lowest BCUT2D eigenvalue weighted by Crippen LogP contribution is -2.36. The molecule has 2 aliphatic carbocycles. The zero-order valence-corrected chi connectivity index (χ0v) is 18.1. The highest BCUT2D eigenvalue weighted by Gasteiger charge is 2.45. The van der Waals surface area contributed by atoms with E-state index in [1.54, 1.807) is 13.8 Å². The van der Waals surface area contributed by atoms with Crippen LogP contribution in [0.15, 0.2) is 71.5 Å². The molecule has 1 fully saturated rings. The first kappa shape index (κ1) is 21.5. The number of anilines is 1. The van der Waals surface area contributed by atoms with Crippen molar-refractivity contribution in [3.63, 3.8) is 0 Å². The zero-order chi connectivity index (χ0) is 23.5. The van der Waals surface area contributed by atoms with Gasteiger partial charge in [-0.3, -0.25) is 14.5 Å². The van der Waals surface area contributed by atoms with Crippen LogP contribution >= 0.6 is 0 Å². The molecule has 2 aromatic carbocycles. The number of amides is 1. The van der Waals surface area contributed by atoms with Crippen LogP contribution in [-0.2, 0) is 26.9 Å². The van der Waals surface area contributed by atoms with Gasteiger partial charge in [-0.1, -0.05) is 24.3 Å². The summed E-state index contributed by atoms with van der Waals surface area (Å²) in [5.74, 6) is -0.127. The lowest BCUT2D eigenvalue weighted by molar-refractivity contribution is -0.137. The average molecular weight is 453 g/mol. The summed E-state index contributed by atoms with van der Waals surface area (Å²) in [6.45, 7) is 3.42. The van der Waals surface area contributed by atoms with Crippen LogP contribution in [0.2, 0.25) is 0 Å². The van der Waals surface area contributed by atoms with Gasteiger partial charge in [-0.05, 0) is 67.2 Å². The molecule has 0 saturated heterocycles. The Morgan fingerprint density at radius 3 is 2.36 bits per heavy atom. The molecule has 1 aliphatic heterocycles.